The van der Waals surface area contributed by atoms with Crippen molar-refractivity contribution in [2.75, 3.05) is 24.6 Å². The third-order valence-electron chi connectivity index (χ3n) is 1.91. The summed E-state index contributed by atoms with van der Waals surface area (Å²) in [5, 5.41) is 14.3. The number of nitrogens with two attached hydrogens (primary N) is 1. The van der Waals surface area contributed by atoms with Crippen LogP contribution in [0.5, 0.6) is 0 Å². The normalized spacial score (nSPS) is 14.4. The predicted molar refractivity (Wildman–Crippen MR) is 68.1 cm³/mol. The van der Waals surface area contributed by atoms with Gasteiger partial charge in [-0.15, -0.1) is 0 Å². The number of carbonyl (C=O) groups excluding carboxylic acids is 1. The average molecular weight is 267 g/mol. The van der Waals surface area contributed by atoms with Crippen molar-refractivity contribution < 1.29 is 14.7 Å². The SMILES string of the molecule is NC(=O)[C@H](CS)NCCN[C@@H](CS)C(=O)O. The summed E-state index contributed by atoms with van der Waals surface area (Å²) in [6.07, 6.45) is 0. The predicted octanol–water partition coefficient (Wildman–Crippen LogP) is -1.67. The van der Waals surface area contributed by atoms with Crippen molar-refractivity contribution in [3.05, 3.63) is 0 Å². The van der Waals surface area contributed by atoms with Crippen LogP contribution in [0.15, 0.2) is 0 Å². The molecule has 0 aromatic rings. The maximum atomic E-state index is 10.8. The molecule has 0 unspecified atom stereocenters. The van der Waals surface area contributed by atoms with Gasteiger partial charge in [-0.3, -0.25) is 9.59 Å². The summed E-state index contributed by atoms with van der Waals surface area (Å²) in [6.45, 7) is 0.848. The Morgan fingerprint density at radius 1 is 1.12 bits per heavy atom. The van der Waals surface area contributed by atoms with Crippen LogP contribution in [0.2, 0.25) is 0 Å². The number of nitrogens with one attached hydrogen (secondary N) is 2. The summed E-state index contributed by atoms with van der Waals surface area (Å²) in [5.41, 5.74) is 5.09. The first kappa shape index (κ1) is 15.6. The fourth-order valence-electron chi connectivity index (χ4n) is 0.978. The van der Waals surface area contributed by atoms with Crippen molar-refractivity contribution in [3.8, 4) is 0 Å². The molecule has 0 spiro atoms. The molecule has 1 amide bonds. The number of amides is 1. The highest BCUT2D eigenvalue weighted by atomic mass is 32.1. The summed E-state index contributed by atoms with van der Waals surface area (Å²) in [6, 6.07) is -1.18. The van der Waals surface area contributed by atoms with E-state index in [1.807, 2.05) is 0 Å². The number of carboxylic acids is 1. The Morgan fingerprint density at radius 3 is 1.88 bits per heavy atom. The van der Waals surface area contributed by atoms with E-state index in [-0.39, 0.29) is 5.75 Å². The number of carboxylic acid groups (broad SMARTS) is 1. The zero-order chi connectivity index (χ0) is 12.6. The Labute approximate surface area is 105 Å². The second-order valence-electron chi connectivity index (χ2n) is 3.12. The highest BCUT2D eigenvalue weighted by molar-refractivity contribution is 7.80. The molecule has 0 aromatic carbocycles. The van der Waals surface area contributed by atoms with Gasteiger partial charge in [0.25, 0.3) is 0 Å². The molecule has 0 heterocycles. The smallest absolute Gasteiger partial charge is 0.321 e. The van der Waals surface area contributed by atoms with Gasteiger partial charge in [0, 0.05) is 24.6 Å². The van der Waals surface area contributed by atoms with Gasteiger partial charge in [0.05, 0.1) is 6.04 Å². The molecule has 0 radical (unpaired) electrons. The van der Waals surface area contributed by atoms with Crippen molar-refractivity contribution in [1.29, 1.82) is 0 Å². The van der Waals surface area contributed by atoms with Crippen LogP contribution in [0.1, 0.15) is 0 Å². The molecule has 16 heavy (non-hydrogen) atoms. The van der Waals surface area contributed by atoms with E-state index in [1.165, 1.54) is 0 Å². The van der Waals surface area contributed by atoms with E-state index in [9.17, 15) is 9.59 Å². The zero-order valence-electron chi connectivity index (χ0n) is 8.72. The Morgan fingerprint density at radius 2 is 1.56 bits per heavy atom. The molecule has 2 atom stereocenters. The number of hydrogen-bond acceptors (Lipinski definition) is 6. The van der Waals surface area contributed by atoms with Crippen LogP contribution in [0.25, 0.3) is 0 Å². The maximum absolute atomic E-state index is 10.8. The quantitative estimate of drug-likeness (QED) is 0.221. The second kappa shape index (κ2) is 8.68. The van der Waals surface area contributed by atoms with Crippen LogP contribution < -0.4 is 16.4 Å². The highest BCUT2D eigenvalue weighted by Gasteiger charge is 2.15. The first-order valence-electron chi connectivity index (χ1n) is 4.73. The molecule has 0 bridgehead atoms. The lowest BCUT2D eigenvalue weighted by Crippen LogP contribution is -2.47. The second-order valence-corrected chi connectivity index (χ2v) is 3.85. The van der Waals surface area contributed by atoms with Crippen molar-refractivity contribution in [1.82, 2.24) is 10.6 Å². The van der Waals surface area contributed by atoms with Gasteiger partial charge >= 0.3 is 5.97 Å². The lowest BCUT2D eigenvalue weighted by molar-refractivity contribution is -0.138. The van der Waals surface area contributed by atoms with E-state index in [0.29, 0.717) is 18.8 Å². The molecule has 0 aliphatic carbocycles. The van der Waals surface area contributed by atoms with Crippen LogP contribution in [0, 0.1) is 0 Å². The van der Waals surface area contributed by atoms with Crippen molar-refractivity contribution >= 4 is 37.1 Å². The maximum Gasteiger partial charge on any atom is 0.321 e. The molecule has 0 aliphatic rings. The minimum atomic E-state index is -0.948. The molecule has 0 fully saturated rings. The Balaban J connectivity index is 3.73. The van der Waals surface area contributed by atoms with Crippen LogP contribution in [-0.2, 0) is 9.59 Å². The minimum absolute atomic E-state index is 0.209. The molecule has 6 nitrogen and oxygen atoms in total. The summed E-state index contributed by atoms with van der Waals surface area (Å²) in [7, 11) is 0. The van der Waals surface area contributed by atoms with Gasteiger partial charge in [0.1, 0.15) is 6.04 Å². The summed E-state index contributed by atoms with van der Waals surface area (Å²) in [5.74, 6) is -0.902. The van der Waals surface area contributed by atoms with Crippen LogP contribution in [0.4, 0.5) is 0 Å². The molecule has 0 aromatic heterocycles. The Kier molecular flexibility index (Phi) is 8.44. The highest BCUT2D eigenvalue weighted by Crippen LogP contribution is 1.88. The number of primary amides is 1. The van der Waals surface area contributed by atoms with Crippen LogP contribution in [-0.4, -0.2) is 53.7 Å². The molecule has 0 aliphatic heterocycles. The van der Waals surface area contributed by atoms with Crippen molar-refractivity contribution in [2.45, 2.75) is 12.1 Å². The zero-order valence-corrected chi connectivity index (χ0v) is 10.5. The fourth-order valence-corrected chi connectivity index (χ4v) is 1.57. The minimum Gasteiger partial charge on any atom is -0.480 e. The molecular formula is C8H17N3O3S2. The van der Waals surface area contributed by atoms with Crippen LogP contribution in [0.3, 0.4) is 0 Å². The number of thiol groups is 2. The van der Waals surface area contributed by atoms with Gasteiger partial charge in [-0.1, -0.05) is 0 Å². The topological polar surface area (TPSA) is 104 Å². The van der Waals surface area contributed by atoms with E-state index in [0.717, 1.165) is 0 Å². The molecule has 94 valence electrons. The van der Waals surface area contributed by atoms with E-state index in [2.05, 4.69) is 35.9 Å². The van der Waals surface area contributed by atoms with Gasteiger partial charge in [0.2, 0.25) is 5.91 Å². The Bertz CT molecular complexity index is 217. The van der Waals surface area contributed by atoms with E-state index in [1.54, 1.807) is 0 Å². The van der Waals surface area contributed by atoms with Gasteiger partial charge in [-0.2, -0.15) is 25.3 Å². The molecular weight excluding hydrogens is 250 g/mol. The van der Waals surface area contributed by atoms with E-state index < -0.39 is 24.0 Å². The molecule has 8 heteroatoms. The average Bonchev–Trinajstić information content (AvgIpc) is 2.22. The first-order chi connectivity index (χ1) is 7.52. The molecule has 5 N–H and O–H groups in total. The number of aliphatic carboxylic acids is 1. The summed E-state index contributed by atoms with van der Waals surface area (Å²) in [4.78, 5) is 21.4. The first-order valence-corrected chi connectivity index (χ1v) is 6.00. The van der Waals surface area contributed by atoms with Crippen molar-refractivity contribution in [2.24, 2.45) is 5.73 Å². The standard InChI is InChI=1S/C8H17N3O3S2/c9-7(12)5(3-15)10-1-2-11-6(4-16)8(13)14/h5-6,10-11,15-16H,1-4H2,(H2,9,12)(H,13,14)/t5-,6-/m0/s1. The number of carbonyl (C=O) groups is 2. The van der Waals surface area contributed by atoms with Gasteiger partial charge in [-0.05, 0) is 0 Å². The third kappa shape index (κ3) is 6.21. The monoisotopic (exact) mass is 267 g/mol. The van der Waals surface area contributed by atoms with Gasteiger partial charge in [0.15, 0.2) is 0 Å². The van der Waals surface area contributed by atoms with Gasteiger partial charge < -0.3 is 21.5 Å². The largest absolute Gasteiger partial charge is 0.480 e. The molecule has 0 saturated carbocycles. The van der Waals surface area contributed by atoms with Crippen molar-refractivity contribution in [3.63, 3.8) is 0 Å². The third-order valence-corrected chi connectivity index (χ3v) is 2.64. The van der Waals surface area contributed by atoms with Gasteiger partial charge in [-0.25, -0.2) is 0 Å². The lowest BCUT2D eigenvalue weighted by Gasteiger charge is -2.15. The Hall–Kier alpha value is -0.440. The van der Waals surface area contributed by atoms with Crippen LogP contribution >= 0.6 is 25.3 Å². The fraction of sp³-hybridized carbons (Fsp3) is 0.750. The lowest BCUT2D eigenvalue weighted by atomic mass is 10.3. The summed E-state index contributed by atoms with van der Waals surface area (Å²) < 4.78 is 0. The van der Waals surface area contributed by atoms with E-state index in [4.69, 9.17) is 10.8 Å². The molecule has 0 rings (SSSR count). The molecule has 0 saturated heterocycles. The van der Waals surface area contributed by atoms with E-state index >= 15 is 0 Å². The summed E-state index contributed by atoms with van der Waals surface area (Å²) >= 11 is 7.86. The number of rotatable bonds is 9. The number of hydrogen-bond donors (Lipinski definition) is 6.